The Bertz CT molecular complexity index is 355. The first-order chi connectivity index (χ1) is 7.44. The van der Waals surface area contributed by atoms with Crippen molar-refractivity contribution >= 4 is 11.6 Å². The molecule has 0 aromatic heterocycles. The molecule has 0 radical (unpaired) electrons. The second-order valence-corrected chi connectivity index (χ2v) is 4.64. The monoisotopic (exact) mass is 245 g/mol. The molecule has 0 spiro atoms. The van der Waals surface area contributed by atoms with E-state index >= 15 is 0 Å². The fourth-order valence-electron chi connectivity index (χ4n) is 1.49. The van der Waals surface area contributed by atoms with E-state index in [1.165, 1.54) is 6.07 Å². The third kappa shape index (κ3) is 4.08. The van der Waals surface area contributed by atoms with Crippen molar-refractivity contribution in [2.24, 2.45) is 5.73 Å². The summed E-state index contributed by atoms with van der Waals surface area (Å²) >= 11 is 5.68. The smallest absolute Gasteiger partial charge is 0.127 e. The van der Waals surface area contributed by atoms with Crippen LogP contribution >= 0.6 is 11.6 Å². The highest BCUT2D eigenvalue weighted by molar-refractivity contribution is 6.30. The molecule has 2 nitrogen and oxygen atoms in total. The molecule has 0 heterocycles. The largest absolute Gasteiger partial charge is 0.380 e. The Hall–Kier alpha value is -0.640. The third-order valence-electron chi connectivity index (χ3n) is 2.25. The van der Waals surface area contributed by atoms with E-state index in [1.807, 2.05) is 13.8 Å². The number of halogens is 2. The molecule has 4 heteroatoms. The molecule has 1 aromatic carbocycles. The molecule has 1 aromatic rings. The molecule has 90 valence electrons. The molecular weight excluding hydrogens is 229 g/mol. The standard InChI is InChI=1S/C12H17ClFNO/c1-3-16-8-12(2,15)7-9-4-5-10(13)6-11(9)14/h4-6H,3,7-8,15H2,1-2H3. The number of rotatable bonds is 5. The Morgan fingerprint density at radius 2 is 2.19 bits per heavy atom. The van der Waals surface area contributed by atoms with Gasteiger partial charge in [0.2, 0.25) is 0 Å². The zero-order valence-corrected chi connectivity index (χ0v) is 10.4. The predicted molar refractivity (Wildman–Crippen MR) is 64.2 cm³/mol. The maximum absolute atomic E-state index is 13.5. The first-order valence-electron chi connectivity index (χ1n) is 5.25. The van der Waals surface area contributed by atoms with Gasteiger partial charge in [0.25, 0.3) is 0 Å². The minimum atomic E-state index is -0.565. The molecule has 0 saturated carbocycles. The Morgan fingerprint density at radius 1 is 1.50 bits per heavy atom. The highest BCUT2D eigenvalue weighted by Gasteiger charge is 2.21. The summed E-state index contributed by atoms with van der Waals surface area (Å²) in [6.07, 6.45) is 0.427. The molecule has 0 aliphatic carbocycles. The van der Waals surface area contributed by atoms with Gasteiger partial charge < -0.3 is 10.5 Å². The van der Waals surface area contributed by atoms with E-state index < -0.39 is 5.54 Å². The topological polar surface area (TPSA) is 35.2 Å². The van der Waals surface area contributed by atoms with Crippen molar-refractivity contribution in [3.63, 3.8) is 0 Å². The molecule has 0 fully saturated rings. The Balaban J connectivity index is 2.71. The van der Waals surface area contributed by atoms with Crippen molar-refractivity contribution in [1.82, 2.24) is 0 Å². The summed E-state index contributed by atoms with van der Waals surface area (Å²) < 4.78 is 18.8. The number of benzene rings is 1. The van der Waals surface area contributed by atoms with E-state index in [0.29, 0.717) is 30.2 Å². The van der Waals surface area contributed by atoms with Gasteiger partial charge in [0.1, 0.15) is 5.82 Å². The molecule has 1 rings (SSSR count). The minimum Gasteiger partial charge on any atom is -0.380 e. The van der Waals surface area contributed by atoms with Crippen LogP contribution in [0.25, 0.3) is 0 Å². The molecule has 0 aliphatic heterocycles. The maximum atomic E-state index is 13.5. The van der Waals surface area contributed by atoms with Gasteiger partial charge in [-0.15, -0.1) is 0 Å². The first-order valence-corrected chi connectivity index (χ1v) is 5.63. The average Bonchev–Trinajstić information content (AvgIpc) is 2.19. The van der Waals surface area contributed by atoms with E-state index in [4.69, 9.17) is 22.1 Å². The zero-order chi connectivity index (χ0) is 12.2. The Labute approximate surface area is 101 Å². The fourth-order valence-corrected chi connectivity index (χ4v) is 1.65. The van der Waals surface area contributed by atoms with E-state index in [2.05, 4.69) is 0 Å². The molecule has 0 saturated heterocycles. The summed E-state index contributed by atoms with van der Waals surface area (Å²) in [5.74, 6) is -0.319. The van der Waals surface area contributed by atoms with E-state index in [9.17, 15) is 4.39 Å². The number of hydrogen-bond donors (Lipinski definition) is 1. The summed E-state index contributed by atoms with van der Waals surface area (Å²) in [6, 6.07) is 4.62. The third-order valence-corrected chi connectivity index (χ3v) is 2.48. The summed E-state index contributed by atoms with van der Waals surface area (Å²) in [7, 11) is 0. The van der Waals surface area contributed by atoms with Gasteiger partial charge in [-0.2, -0.15) is 0 Å². The van der Waals surface area contributed by atoms with Gasteiger partial charge >= 0.3 is 0 Å². The molecule has 1 unspecified atom stereocenters. The van der Waals surface area contributed by atoms with Gasteiger partial charge in [-0.05, 0) is 38.0 Å². The van der Waals surface area contributed by atoms with Gasteiger partial charge in [-0.1, -0.05) is 17.7 Å². The summed E-state index contributed by atoms with van der Waals surface area (Å²) in [4.78, 5) is 0. The molecular formula is C12H17ClFNO. The zero-order valence-electron chi connectivity index (χ0n) is 9.59. The lowest BCUT2D eigenvalue weighted by Gasteiger charge is -2.24. The van der Waals surface area contributed by atoms with Crippen LogP contribution in [0.4, 0.5) is 4.39 Å². The fraction of sp³-hybridized carbons (Fsp3) is 0.500. The molecule has 16 heavy (non-hydrogen) atoms. The van der Waals surface area contributed by atoms with Gasteiger partial charge in [-0.3, -0.25) is 0 Å². The van der Waals surface area contributed by atoms with Gasteiger partial charge in [-0.25, -0.2) is 4.39 Å². The van der Waals surface area contributed by atoms with Crippen molar-refractivity contribution in [3.8, 4) is 0 Å². The van der Waals surface area contributed by atoms with Gasteiger partial charge in [0, 0.05) is 17.2 Å². The number of hydrogen-bond acceptors (Lipinski definition) is 2. The number of ether oxygens (including phenoxy) is 1. The van der Waals surface area contributed by atoms with Crippen LogP contribution in [0.5, 0.6) is 0 Å². The molecule has 1 atom stereocenters. The van der Waals surface area contributed by atoms with Gasteiger partial charge in [0.15, 0.2) is 0 Å². The SMILES string of the molecule is CCOCC(C)(N)Cc1ccc(Cl)cc1F. The highest BCUT2D eigenvalue weighted by atomic mass is 35.5. The van der Waals surface area contributed by atoms with Crippen molar-refractivity contribution in [1.29, 1.82) is 0 Å². The first kappa shape index (κ1) is 13.4. The predicted octanol–water partition coefficient (Wildman–Crippen LogP) is 2.78. The van der Waals surface area contributed by atoms with E-state index in [1.54, 1.807) is 12.1 Å². The van der Waals surface area contributed by atoms with Crippen LogP contribution in [0, 0.1) is 5.82 Å². The van der Waals surface area contributed by atoms with Gasteiger partial charge in [0.05, 0.1) is 6.61 Å². The lowest BCUT2D eigenvalue weighted by atomic mass is 9.94. The van der Waals surface area contributed by atoms with E-state index in [-0.39, 0.29) is 5.82 Å². The van der Waals surface area contributed by atoms with Crippen molar-refractivity contribution < 1.29 is 9.13 Å². The minimum absolute atomic E-state index is 0.319. The van der Waals surface area contributed by atoms with Crippen LogP contribution < -0.4 is 5.73 Å². The van der Waals surface area contributed by atoms with Crippen LogP contribution in [0.2, 0.25) is 5.02 Å². The van der Waals surface area contributed by atoms with E-state index in [0.717, 1.165) is 0 Å². The highest BCUT2D eigenvalue weighted by Crippen LogP contribution is 2.18. The molecule has 2 N–H and O–H groups in total. The molecule has 0 bridgehead atoms. The normalized spacial score (nSPS) is 14.8. The average molecular weight is 246 g/mol. The molecule has 0 amide bonds. The second-order valence-electron chi connectivity index (χ2n) is 4.20. The van der Waals surface area contributed by atoms with Crippen LogP contribution in [-0.2, 0) is 11.2 Å². The maximum Gasteiger partial charge on any atom is 0.127 e. The summed E-state index contributed by atoms with van der Waals surface area (Å²) in [6.45, 7) is 4.76. The van der Waals surface area contributed by atoms with Crippen molar-refractivity contribution in [3.05, 3.63) is 34.6 Å². The van der Waals surface area contributed by atoms with Crippen molar-refractivity contribution in [2.45, 2.75) is 25.8 Å². The van der Waals surface area contributed by atoms with Crippen LogP contribution in [0.3, 0.4) is 0 Å². The summed E-state index contributed by atoms with van der Waals surface area (Å²) in [5, 5.41) is 0.393. The Morgan fingerprint density at radius 3 is 2.75 bits per heavy atom. The van der Waals surface area contributed by atoms with Crippen LogP contribution in [-0.4, -0.2) is 18.8 Å². The lowest BCUT2D eigenvalue weighted by molar-refractivity contribution is 0.101. The quantitative estimate of drug-likeness (QED) is 0.866. The van der Waals surface area contributed by atoms with Crippen molar-refractivity contribution in [2.75, 3.05) is 13.2 Å². The lowest BCUT2D eigenvalue weighted by Crippen LogP contribution is -2.43. The van der Waals surface area contributed by atoms with Crippen LogP contribution in [0.15, 0.2) is 18.2 Å². The second kappa shape index (κ2) is 5.62. The number of nitrogens with two attached hydrogens (primary N) is 1. The van der Waals surface area contributed by atoms with Crippen LogP contribution in [0.1, 0.15) is 19.4 Å². The Kier molecular flexibility index (Phi) is 4.71. The summed E-state index contributed by atoms with van der Waals surface area (Å²) in [5.41, 5.74) is 6.02. The molecule has 0 aliphatic rings.